The Kier molecular flexibility index (Phi) is 5.47. The first-order valence-electron chi connectivity index (χ1n) is 8.40. The lowest BCUT2D eigenvalue weighted by atomic mass is 10.2. The molecule has 0 aliphatic carbocycles. The topological polar surface area (TPSA) is 88.9 Å². The number of sulfonamides is 1. The number of halogens is 2. The van der Waals surface area contributed by atoms with Crippen molar-refractivity contribution in [2.75, 3.05) is 19.0 Å². The standard InChI is InChI=1S/C19H18F2N2O5S/c1-11-4-7-17(15(8-11)28-19(20)21)29(25,26)22-18(24)16-9-12-5-6-13(23(2)3)10-14(12)27-16/h4-10,19H,1-3H3,(H,22,24). The maximum atomic E-state index is 12.6. The fourth-order valence-corrected chi connectivity index (χ4v) is 3.74. The molecular formula is C19H18F2N2O5S. The van der Waals surface area contributed by atoms with Crippen molar-refractivity contribution in [1.29, 1.82) is 0 Å². The van der Waals surface area contributed by atoms with Gasteiger partial charge < -0.3 is 14.1 Å². The highest BCUT2D eigenvalue weighted by Gasteiger charge is 2.26. The number of hydrogen-bond acceptors (Lipinski definition) is 6. The minimum atomic E-state index is -4.49. The predicted molar refractivity (Wildman–Crippen MR) is 103 cm³/mol. The van der Waals surface area contributed by atoms with Gasteiger partial charge >= 0.3 is 12.5 Å². The molecule has 1 aromatic heterocycles. The van der Waals surface area contributed by atoms with E-state index in [1.165, 1.54) is 12.1 Å². The van der Waals surface area contributed by atoms with E-state index in [0.717, 1.165) is 17.8 Å². The molecule has 7 nitrogen and oxygen atoms in total. The number of alkyl halides is 2. The maximum absolute atomic E-state index is 12.6. The number of nitrogens with zero attached hydrogens (tertiary/aromatic N) is 1. The first-order valence-corrected chi connectivity index (χ1v) is 9.88. The van der Waals surface area contributed by atoms with Crippen LogP contribution in [-0.2, 0) is 10.0 Å². The van der Waals surface area contributed by atoms with Gasteiger partial charge in [-0.15, -0.1) is 0 Å². The number of fused-ring (bicyclic) bond motifs is 1. The van der Waals surface area contributed by atoms with Crippen LogP contribution in [0.3, 0.4) is 0 Å². The van der Waals surface area contributed by atoms with Crippen LogP contribution in [0.15, 0.2) is 51.8 Å². The number of carbonyl (C=O) groups excluding carboxylic acids is 1. The third-order valence-corrected chi connectivity index (χ3v) is 5.45. The number of hydrogen-bond donors (Lipinski definition) is 1. The summed E-state index contributed by atoms with van der Waals surface area (Å²) in [5.74, 6) is -1.82. The molecule has 0 saturated carbocycles. The largest absolute Gasteiger partial charge is 0.451 e. The van der Waals surface area contributed by atoms with E-state index in [9.17, 15) is 22.0 Å². The highest BCUT2D eigenvalue weighted by molar-refractivity contribution is 7.90. The molecule has 29 heavy (non-hydrogen) atoms. The van der Waals surface area contributed by atoms with E-state index in [2.05, 4.69) is 4.74 Å². The van der Waals surface area contributed by atoms with E-state index >= 15 is 0 Å². The Balaban J connectivity index is 1.91. The Hall–Kier alpha value is -3.14. The molecule has 0 aliphatic rings. The van der Waals surface area contributed by atoms with Crippen LogP contribution in [0.2, 0.25) is 0 Å². The van der Waals surface area contributed by atoms with Gasteiger partial charge in [0.1, 0.15) is 16.2 Å². The van der Waals surface area contributed by atoms with Gasteiger partial charge in [0.15, 0.2) is 5.76 Å². The lowest BCUT2D eigenvalue weighted by molar-refractivity contribution is -0.0517. The first-order chi connectivity index (χ1) is 13.6. The smallest absolute Gasteiger partial charge is 0.387 e. The van der Waals surface area contributed by atoms with Crippen LogP contribution in [-0.4, -0.2) is 35.0 Å². The molecule has 0 atom stereocenters. The summed E-state index contributed by atoms with van der Waals surface area (Å²) in [4.78, 5) is 13.7. The van der Waals surface area contributed by atoms with Crippen molar-refractivity contribution < 1.29 is 31.1 Å². The average molecular weight is 424 g/mol. The predicted octanol–water partition coefficient (Wildman–Crippen LogP) is 3.53. The number of aryl methyl sites for hydroxylation is 1. The number of nitrogens with one attached hydrogen (secondary N) is 1. The Morgan fingerprint density at radius 1 is 1.14 bits per heavy atom. The lowest BCUT2D eigenvalue weighted by Crippen LogP contribution is -2.30. The fourth-order valence-electron chi connectivity index (χ4n) is 2.66. The van der Waals surface area contributed by atoms with Gasteiger partial charge in [0, 0.05) is 31.2 Å². The van der Waals surface area contributed by atoms with Crippen LogP contribution in [0.4, 0.5) is 14.5 Å². The molecule has 0 bridgehead atoms. The molecule has 0 saturated heterocycles. The second kappa shape index (κ2) is 7.70. The molecule has 3 rings (SSSR count). The molecular weight excluding hydrogens is 406 g/mol. The molecule has 0 unspecified atom stereocenters. The minimum Gasteiger partial charge on any atom is -0.451 e. The molecule has 1 N–H and O–H groups in total. The van der Waals surface area contributed by atoms with Gasteiger partial charge in [-0.05, 0) is 42.8 Å². The summed E-state index contributed by atoms with van der Waals surface area (Å²) in [5.41, 5.74) is 1.75. The van der Waals surface area contributed by atoms with Gasteiger partial charge in [-0.3, -0.25) is 4.79 Å². The van der Waals surface area contributed by atoms with Crippen LogP contribution in [0, 0.1) is 6.92 Å². The molecule has 1 amide bonds. The monoisotopic (exact) mass is 424 g/mol. The maximum Gasteiger partial charge on any atom is 0.387 e. The van der Waals surface area contributed by atoms with E-state index < -0.39 is 33.2 Å². The third-order valence-electron chi connectivity index (χ3n) is 4.08. The van der Waals surface area contributed by atoms with Crippen molar-refractivity contribution in [2.45, 2.75) is 18.4 Å². The summed E-state index contributed by atoms with van der Waals surface area (Å²) in [6.45, 7) is -1.63. The number of rotatable bonds is 6. The highest BCUT2D eigenvalue weighted by atomic mass is 32.2. The number of carbonyl (C=O) groups is 1. The summed E-state index contributed by atoms with van der Waals surface area (Å²) >= 11 is 0. The zero-order chi connectivity index (χ0) is 21.3. The van der Waals surface area contributed by atoms with Gasteiger partial charge in [0.2, 0.25) is 0 Å². The third kappa shape index (κ3) is 4.48. The summed E-state index contributed by atoms with van der Waals surface area (Å²) in [5, 5.41) is 0.607. The van der Waals surface area contributed by atoms with Crippen LogP contribution in [0.5, 0.6) is 5.75 Å². The van der Waals surface area contributed by atoms with E-state index in [1.54, 1.807) is 19.1 Å². The molecule has 10 heteroatoms. The van der Waals surface area contributed by atoms with Crippen molar-refractivity contribution in [2.24, 2.45) is 0 Å². The SMILES string of the molecule is Cc1ccc(S(=O)(=O)NC(=O)c2cc3ccc(N(C)C)cc3o2)c(OC(F)F)c1. The van der Waals surface area contributed by atoms with Crippen LogP contribution in [0.25, 0.3) is 11.0 Å². The van der Waals surface area contributed by atoms with Crippen molar-refractivity contribution in [3.05, 3.63) is 53.8 Å². The van der Waals surface area contributed by atoms with Crippen LogP contribution >= 0.6 is 0 Å². The number of anilines is 1. The van der Waals surface area contributed by atoms with Crippen molar-refractivity contribution in [1.82, 2.24) is 4.72 Å². The Labute approximate surface area is 165 Å². The molecule has 1 heterocycles. The molecule has 0 aliphatic heterocycles. The fraction of sp³-hybridized carbons (Fsp3) is 0.211. The number of amides is 1. The summed E-state index contributed by atoms with van der Waals surface area (Å²) in [6.07, 6.45) is 0. The Morgan fingerprint density at radius 2 is 1.86 bits per heavy atom. The molecule has 0 fully saturated rings. The quantitative estimate of drug-likeness (QED) is 0.651. The second-order valence-electron chi connectivity index (χ2n) is 6.49. The van der Waals surface area contributed by atoms with Crippen molar-refractivity contribution in [3.63, 3.8) is 0 Å². The van der Waals surface area contributed by atoms with Gasteiger partial charge in [0.05, 0.1) is 0 Å². The molecule has 0 spiro atoms. The first kappa shape index (κ1) is 20.6. The van der Waals surface area contributed by atoms with Crippen LogP contribution < -0.4 is 14.4 Å². The van der Waals surface area contributed by atoms with Gasteiger partial charge in [0.25, 0.3) is 10.0 Å². The molecule has 3 aromatic rings. The second-order valence-corrected chi connectivity index (χ2v) is 8.14. The van der Waals surface area contributed by atoms with Gasteiger partial charge in [-0.2, -0.15) is 8.78 Å². The van der Waals surface area contributed by atoms with Crippen molar-refractivity contribution >= 4 is 32.6 Å². The average Bonchev–Trinajstić information content (AvgIpc) is 3.04. The zero-order valence-electron chi connectivity index (χ0n) is 15.8. The minimum absolute atomic E-state index is 0.233. The normalized spacial score (nSPS) is 11.7. The molecule has 154 valence electrons. The Bertz CT molecular complexity index is 1170. The van der Waals surface area contributed by atoms with Gasteiger partial charge in [-0.1, -0.05) is 6.07 Å². The summed E-state index contributed by atoms with van der Waals surface area (Å²) < 4.78 is 62.0. The van der Waals surface area contributed by atoms with E-state index in [-0.39, 0.29) is 5.76 Å². The van der Waals surface area contributed by atoms with E-state index in [4.69, 9.17) is 4.42 Å². The van der Waals surface area contributed by atoms with E-state index in [1.807, 2.05) is 29.8 Å². The van der Waals surface area contributed by atoms with E-state index in [0.29, 0.717) is 16.5 Å². The summed E-state index contributed by atoms with van der Waals surface area (Å²) in [7, 11) is -0.809. The molecule has 2 aromatic carbocycles. The van der Waals surface area contributed by atoms with Crippen LogP contribution in [0.1, 0.15) is 16.1 Å². The summed E-state index contributed by atoms with van der Waals surface area (Å²) in [6, 6.07) is 10.3. The zero-order valence-corrected chi connectivity index (χ0v) is 16.6. The molecule has 0 radical (unpaired) electrons. The highest BCUT2D eigenvalue weighted by Crippen LogP contribution is 2.28. The Morgan fingerprint density at radius 3 is 2.52 bits per heavy atom. The number of ether oxygens (including phenoxy) is 1. The van der Waals surface area contributed by atoms with Gasteiger partial charge in [-0.25, -0.2) is 13.1 Å². The number of furan rings is 1. The number of benzene rings is 2. The van der Waals surface area contributed by atoms with Crippen molar-refractivity contribution in [3.8, 4) is 5.75 Å². The lowest BCUT2D eigenvalue weighted by Gasteiger charge is -2.12.